The number of aromatic nitrogens is 6. The van der Waals surface area contributed by atoms with Crippen LogP contribution in [-0.2, 0) is 10.5 Å². The number of methoxy groups -OCH3 is 2. The summed E-state index contributed by atoms with van der Waals surface area (Å²) < 4.78 is 17.1. The second kappa shape index (κ2) is 9.11. The van der Waals surface area contributed by atoms with E-state index in [1.807, 2.05) is 0 Å². The quantitative estimate of drug-likeness (QED) is 0.521. The van der Waals surface area contributed by atoms with Crippen molar-refractivity contribution in [2.24, 2.45) is 0 Å². The monoisotopic (exact) mass is 434 g/mol. The number of ether oxygens (including phenoxy) is 2. The molecule has 160 valence electrons. The Balaban J connectivity index is 1.88. The molecule has 30 heavy (non-hydrogen) atoms. The van der Waals surface area contributed by atoms with Gasteiger partial charge in [-0.25, -0.2) is 9.48 Å². The van der Waals surface area contributed by atoms with Crippen LogP contribution in [0.15, 0.2) is 10.6 Å². The molecule has 0 bridgehead atoms. The maximum Gasteiger partial charge on any atom is 0.338 e. The maximum absolute atomic E-state index is 12.4. The van der Waals surface area contributed by atoms with Crippen LogP contribution < -0.4 is 4.74 Å². The van der Waals surface area contributed by atoms with E-state index in [0.717, 1.165) is 0 Å². The summed E-state index contributed by atoms with van der Waals surface area (Å²) >= 11 is 1.45. The van der Waals surface area contributed by atoms with Crippen molar-refractivity contribution in [2.45, 2.75) is 32.6 Å². The molecule has 0 aliphatic carbocycles. The molecule has 3 rings (SSSR count). The fourth-order valence-corrected chi connectivity index (χ4v) is 4.15. The highest BCUT2D eigenvalue weighted by molar-refractivity contribution is 7.98. The molecule has 0 saturated heterocycles. The lowest BCUT2D eigenvalue weighted by atomic mass is 10.0. The van der Waals surface area contributed by atoms with E-state index in [2.05, 4.69) is 25.7 Å². The van der Waals surface area contributed by atoms with Crippen molar-refractivity contribution >= 4 is 17.7 Å². The molecule has 12 heteroatoms. The first-order valence-electron chi connectivity index (χ1n) is 8.97. The normalized spacial score (nSPS) is 12.0. The molecule has 1 unspecified atom stereocenters. The Kier molecular flexibility index (Phi) is 6.55. The zero-order chi connectivity index (χ0) is 21.8. The Morgan fingerprint density at radius 3 is 2.67 bits per heavy atom. The third kappa shape index (κ3) is 4.22. The largest absolute Gasteiger partial charge is 0.507 e. The molecule has 0 fully saturated rings. The number of rotatable bonds is 8. The van der Waals surface area contributed by atoms with Gasteiger partial charge in [-0.05, 0) is 31.2 Å². The van der Waals surface area contributed by atoms with Gasteiger partial charge in [0.1, 0.15) is 23.4 Å². The van der Waals surface area contributed by atoms with E-state index in [1.165, 1.54) is 32.0 Å². The highest BCUT2D eigenvalue weighted by atomic mass is 32.2. The number of benzene rings is 1. The van der Waals surface area contributed by atoms with Crippen molar-refractivity contribution < 1.29 is 23.9 Å². The highest BCUT2D eigenvalue weighted by Gasteiger charge is 2.26. The molecule has 3 aromatic rings. The number of tetrazole rings is 1. The van der Waals surface area contributed by atoms with Crippen LogP contribution in [-0.4, -0.2) is 61.4 Å². The van der Waals surface area contributed by atoms with Crippen molar-refractivity contribution in [1.29, 1.82) is 0 Å². The Morgan fingerprint density at radius 1 is 1.33 bits per heavy atom. The van der Waals surface area contributed by atoms with E-state index < -0.39 is 12.0 Å². The summed E-state index contributed by atoms with van der Waals surface area (Å²) in [6.45, 7) is 5.24. The highest BCUT2D eigenvalue weighted by Crippen LogP contribution is 2.36. The van der Waals surface area contributed by atoms with E-state index in [-0.39, 0.29) is 11.3 Å². The number of phenols is 1. The third-order valence-corrected chi connectivity index (χ3v) is 5.58. The maximum atomic E-state index is 12.4. The Bertz CT molecular complexity index is 1050. The van der Waals surface area contributed by atoms with Gasteiger partial charge < -0.3 is 19.1 Å². The molecule has 0 saturated carbocycles. The Morgan fingerprint density at radius 2 is 2.10 bits per heavy atom. The van der Waals surface area contributed by atoms with Crippen LogP contribution >= 0.6 is 11.8 Å². The lowest BCUT2D eigenvalue weighted by Crippen LogP contribution is -2.17. The standard InChI is InChI=1S/C18H22N6O5S/c1-9-15(27-4)6-14(25)12(16(9)18(26)28-5)7-30-8-13(17-19-10(2)21-29-17)24-11(3)20-22-23-24/h6,13,25H,7-8H2,1-5H3. The molecule has 0 aliphatic rings. The molecule has 1 N–H and O–H groups in total. The van der Waals surface area contributed by atoms with Crippen LogP contribution in [0.4, 0.5) is 0 Å². The van der Waals surface area contributed by atoms with Gasteiger partial charge >= 0.3 is 5.97 Å². The second-order valence-corrected chi connectivity index (χ2v) is 7.48. The molecule has 2 aromatic heterocycles. The van der Waals surface area contributed by atoms with Crippen LogP contribution in [0.1, 0.15) is 45.1 Å². The van der Waals surface area contributed by atoms with Gasteiger partial charge in [-0.2, -0.15) is 16.7 Å². The molecular formula is C18H22N6O5S. The van der Waals surface area contributed by atoms with Crippen LogP contribution in [0.2, 0.25) is 0 Å². The molecule has 0 spiro atoms. The molecule has 2 heterocycles. The van der Waals surface area contributed by atoms with Crippen molar-refractivity contribution in [1.82, 2.24) is 30.3 Å². The van der Waals surface area contributed by atoms with Crippen LogP contribution in [0.3, 0.4) is 0 Å². The van der Waals surface area contributed by atoms with Crippen molar-refractivity contribution in [3.8, 4) is 11.5 Å². The summed E-state index contributed by atoms with van der Waals surface area (Å²) in [5, 5.41) is 26.0. The van der Waals surface area contributed by atoms with Gasteiger partial charge in [0.05, 0.1) is 19.8 Å². The first-order chi connectivity index (χ1) is 14.4. The number of esters is 1. The summed E-state index contributed by atoms with van der Waals surface area (Å²) in [7, 11) is 2.77. The number of hydrogen-bond acceptors (Lipinski definition) is 11. The Labute approximate surface area is 176 Å². The van der Waals surface area contributed by atoms with Gasteiger partial charge in [0.25, 0.3) is 5.89 Å². The summed E-state index contributed by atoms with van der Waals surface area (Å²) in [5.74, 6) is 2.07. The number of thioether (sulfide) groups is 1. The number of carbonyl (C=O) groups excluding carboxylic acids is 1. The van der Waals surface area contributed by atoms with E-state index in [1.54, 1.807) is 25.5 Å². The fourth-order valence-electron chi connectivity index (χ4n) is 3.03. The smallest absolute Gasteiger partial charge is 0.338 e. The van der Waals surface area contributed by atoms with E-state index in [9.17, 15) is 9.90 Å². The number of hydrogen-bond donors (Lipinski definition) is 1. The minimum atomic E-state index is -0.544. The Hall–Kier alpha value is -3.15. The van der Waals surface area contributed by atoms with Gasteiger partial charge in [0, 0.05) is 28.7 Å². The first-order valence-corrected chi connectivity index (χ1v) is 10.1. The van der Waals surface area contributed by atoms with Gasteiger partial charge in [-0.1, -0.05) is 5.16 Å². The molecular weight excluding hydrogens is 412 g/mol. The summed E-state index contributed by atoms with van der Waals surface area (Å²) in [4.78, 5) is 16.7. The molecule has 0 amide bonds. The van der Waals surface area contributed by atoms with Crippen molar-refractivity contribution in [3.63, 3.8) is 0 Å². The second-order valence-electron chi connectivity index (χ2n) is 6.45. The molecule has 1 aromatic carbocycles. The SMILES string of the molecule is COC(=O)c1c(C)c(OC)cc(O)c1CSCC(c1nc(C)no1)n1nnnc1C. The van der Waals surface area contributed by atoms with Gasteiger partial charge in [-0.15, -0.1) is 5.10 Å². The topological polar surface area (TPSA) is 138 Å². The van der Waals surface area contributed by atoms with Gasteiger partial charge in [0.15, 0.2) is 5.82 Å². The average Bonchev–Trinajstić information content (AvgIpc) is 3.35. The van der Waals surface area contributed by atoms with E-state index in [0.29, 0.717) is 45.9 Å². The minimum absolute atomic E-state index is 0.0471. The number of phenolic OH excluding ortho intramolecular Hbond substituents is 1. The van der Waals surface area contributed by atoms with Crippen LogP contribution in [0.25, 0.3) is 0 Å². The van der Waals surface area contributed by atoms with Gasteiger partial charge in [-0.3, -0.25) is 0 Å². The van der Waals surface area contributed by atoms with Crippen molar-refractivity contribution in [2.75, 3.05) is 20.0 Å². The minimum Gasteiger partial charge on any atom is -0.507 e. The van der Waals surface area contributed by atoms with Crippen LogP contribution in [0, 0.1) is 20.8 Å². The van der Waals surface area contributed by atoms with Crippen LogP contribution in [0.5, 0.6) is 11.5 Å². The summed E-state index contributed by atoms with van der Waals surface area (Å²) in [6, 6.07) is 1.08. The number of aryl methyl sites for hydroxylation is 2. The number of nitrogens with zero attached hydrogens (tertiary/aromatic N) is 6. The van der Waals surface area contributed by atoms with Crippen molar-refractivity contribution in [3.05, 3.63) is 40.3 Å². The average molecular weight is 434 g/mol. The lowest BCUT2D eigenvalue weighted by Gasteiger charge is -2.17. The molecule has 0 aliphatic heterocycles. The zero-order valence-electron chi connectivity index (χ0n) is 17.2. The predicted molar refractivity (Wildman–Crippen MR) is 107 cm³/mol. The summed E-state index contributed by atoms with van der Waals surface area (Å²) in [6.07, 6.45) is 0. The lowest BCUT2D eigenvalue weighted by molar-refractivity contribution is 0.0598. The predicted octanol–water partition coefficient (Wildman–Crippen LogP) is 2.00. The molecule has 0 radical (unpaired) electrons. The molecule has 11 nitrogen and oxygen atoms in total. The summed E-state index contributed by atoms with van der Waals surface area (Å²) in [5.41, 5.74) is 1.34. The number of aromatic hydroxyl groups is 1. The van der Waals surface area contributed by atoms with E-state index in [4.69, 9.17) is 14.0 Å². The van der Waals surface area contributed by atoms with E-state index >= 15 is 0 Å². The zero-order valence-corrected chi connectivity index (χ0v) is 18.1. The molecule has 1 atom stereocenters. The number of carbonyl (C=O) groups is 1. The third-order valence-electron chi connectivity index (χ3n) is 4.54. The fraction of sp³-hybridized carbons (Fsp3) is 0.444. The first kappa shape index (κ1) is 21.6. The van der Waals surface area contributed by atoms with Gasteiger partial charge in [0.2, 0.25) is 0 Å².